The van der Waals surface area contributed by atoms with Crippen LogP contribution < -0.4 is 14.8 Å². The van der Waals surface area contributed by atoms with Crippen LogP contribution in [0.1, 0.15) is 59.8 Å². The summed E-state index contributed by atoms with van der Waals surface area (Å²) in [6.45, 7) is 2.93. The van der Waals surface area contributed by atoms with Gasteiger partial charge < -0.3 is 24.1 Å². The minimum absolute atomic E-state index is 0.150. The number of methoxy groups -OCH3 is 2. The Kier molecular flexibility index (Phi) is 7.85. The Morgan fingerprint density at radius 3 is 2.36 bits per heavy atom. The number of hydrogen-bond acceptors (Lipinski definition) is 5. The van der Waals surface area contributed by atoms with Gasteiger partial charge in [0, 0.05) is 30.2 Å². The molecule has 200 valence electrons. The zero-order chi connectivity index (χ0) is 27.4. The second-order valence-electron chi connectivity index (χ2n) is 9.86. The zero-order valence-electron chi connectivity index (χ0n) is 22.6. The fourth-order valence-electron chi connectivity index (χ4n) is 5.08. The fraction of sp³-hybridized carbons (Fsp3) is 0.312. The van der Waals surface area contributed by atoms with E-state index in [0.29, 0.717) is 30.4 Å². The summed E-state index contributed by atoms with van der Waals surface area (Å²) in [4.78, 5) is 13.0. The molecule has 0 unspecified atom stereocenters. The van der Waals surface area contributed by atoms with Crippen LogP contribution in [0.4, 0.5) is 0 Å². The first-order valence-electron chi connectivity index (χ1n) is 13.3. The van der Waals surface area contributed by atoms with Crippen LogP contribution in [0.25, 0.3) is 22.2 Å². The second kappa shape index (κ2) is 11.6. The van der Waals surface area contributed by atoms with Gasteiger partial charge in [-0.1, -0.05) is 24.3 Å². The van der Waals surface area contributed by atoms with Crippen molar-refractivity contribution in [3.63, 3.8) is 0 Å². The highest BCUT2D eigenvalue weighted by Crippen LogP contribution is 2.43. The first-order chi connectivity index (χ1) is 19.0. The highest BCUT2D eigenvalue weighted by atomic mass is 16.5. The van der Waals surface area contributed by atoms with Crippen molar-refractivity contribution < 1.29 is 19.0 Å². The van der Waals surface area contributed by atoms with Crippen LogP contribution in [0.3, 0.4) is 0 Å². The molecule has 0 radical (unpaired) electrons. The molecule has 4 aromatic rings. The number of benzene rings is 3. The van der Waals surface area contributed by atoms with Crippen LogP contribution in [-0.2, 0) is 4.74 Å². The topological polar surface area (TPSA) is 85.5 Å². The van der Waals surface area contributed by atoms with E-state index >= 15 is 0 Å². The van der Waals surface area contributed by atoms with E-state index in [0.717, 1.165) is 52.1 Å². The van der Waals surface area contributed by atoms with Crippen molar-refractivity contribution in [3.05, 3.63) is 83.4 Å². The van der Waals surface area contributed by atoms with E-state index in [1.807, 2.05) is 73.7 Å². The molecule has 1 N–H and O–H groups in total. The molecule has 0 aliphatic heterocycles. The summed E-state index contributed by atoms with van der Waals surface area (Å²) in [5, 5.41) is 14.2. The number of rotatable bonds is 10. The van der Waals surface area contributed by atoms with E-state index in [1.165, 1.54) is 6.42 Å². The minimum Gasteiger partial charge on any atom is -0.497 e. The average Bonchev–Trinajstić information content (AvgIpc) is 3.25. The summed E-state index contributed by atoms with van der Waals surface area (Å²) < 4.78 is 18.5. The van der Waals surface area contributed by atoms with Gasteiger partial charge in [0.2, 0.25) is 0 Å². The van der Waals surface area contributed by atoms with Crippen LogP contribution in [0.2, 0.25) is 0 Å². The van der Waals surface area contributed by atoms with Gasteiger partial charge in [-0.3, -0.25) is 4.79 Å². The Labute approximate surface area is 228 Å². The molecule has 1 amide bonds. The number of hydrogen-bond donors (Lipinski definition) is 1. The van der Waals surface area contributed by atoms with Crippen molar-refractivity contribution in [2.75, 3.05) is 27.4 Å². The van der Waals surface area contributed by atoms with Crippen LogP contribution >= 0.6 is 0 Å². The Morgan fingerprint density at radius 2 is 1.74 bits per heavy atom. The van der Waals surface area contributed by atoms with E-state index in [-0.39, 0.29) is 11.9 Å². The fourth-order valence-corrected chi connectivity index (χ4v) is 5.08. The summed E-state index contributed by atoms with van der Waals surface area (Å²) in [7, 11) is 3.28. The van der Waals surface area contributed by atoms with Gasteiger partial charge in [0.25, 0.3) is 5.91 Å². The maximum absolute atomic E-state index is 13.0. The molecule has 3 aromatic carbocycles. The Hall–Kier alpha value is -4.28. The van der Waals surface area contributed by atoms with Crippen molar-refractivity contribution in [3.8, 4) is 28.8 Å². The number of aromatic nitrogens is 1. The zero-order valence-corrected chi connectivity index (χ0v) is 22.6. The smallest absolute Gasteiger partial charge is 0.251 e. The highest BCUT2D eigenvalue weighted by Gasteiger charge is 2.28. The third kappa shape index (κ3) is 5.34. The van der Waals surface area contributed by atoms with Crippen LogP contribution in [0.15, 0.2) is 66.7 Å². The Balaban J connectivity index is 1.44. The van der Waals surface area contributed by atoms with Crippen molar-refractivity contribution in [1.82, 2.24) is 9.88 Å². The largest absolute Gasteiger partial charge is 0.497 e. The molecule has 1 heterocycles. The maximum Gasteiger partial charge on any atom is 0.251 e. The molecule has 1 atom stereocenters. The molecule has 0 saturated heterocycles. The van der Waals surface area contributed by atoms with Crippen molar-refractivity contribution in [1.29, 1.82) is 5.26 Å². The molecule has 1 aliphatic rings. The molecule has 5 rings (SSSR count). The molecular weight excluding hydrogens is 490 g/mol. The van der Waals surface area contributed by atoms with Crippen molar-refractivity contribution in [2.24, 2.45) is 0 Å². The van der Waals surface area contributed by atoms with Crippen molar-refractivity contribution >= 4 is 16.8 Å². The van der Waals surface area contributed by atoms with Gasteiger partial charge in [-0.15, -0.1) is 0 Å². The number of nitrogens with zero attached hydrogens (tertiary/aromatic N) is 2. The Bertz CT molecular complexity index is 1500. The quantitative estimate of drug-likeness (QED) is 0.242. The summed E-state index contributed by atoms with van der Waals surface area (Å²) in [5.74, 6) is 1.38. The SMILES string of the molecule is COCCOc1ccc2c(C#N)c(-c3ccc(C(=O)N[C@H](C)c4ccc(OC)cc4)cc3)n(C3CCC3)c2c1. The van der Waals surface area contributed by atoms with Gasteiger partial charge >= 0.3 is 0 Å². The number of nitrogens with one attached hydrogen (secondary N) is 1. The molecule has 1 aliphatic carbocycles. The number of carbonyl (C=O) groups is 1. The van der Waals surface area contributed by atoms with Gasteiger partial charge in [-0.25, -0.2) is 0 Å². The van der Waals surface area contributed by atoms with Crippen molar-refractivity contribution in [2.45, 2.75) is 38.3 Å². The molecule has 1 fully saturated rings. The lowest BCUT2D eigenvalue weighted by Gasteiger charge is -2.30. The molecule has 7 nitrogen and oxygen atoms in total. The second-order valence-corrected chi connectivity index (χ2v) is 9.86. The predicted octanol–water partition coefficient (Wildman–Crippen LogP) is 6.43. The first kappa shape index (κ1) is 26.3. The lowest BCUT2D eigenvalue weighted by atomic mass is 9.92. The standard InChI is InChI=1S/C32H33N3O4/c1-21(22-11-13-26(38-3)14-12-22)34-32(36)24-9-7-23(8-10-24)31-29(20-33)28-16-15-27(39-18-17-37-2)19-30(28)35(31)25-5-4-6-25/h7-16,19,21,25H,4-6,17-18H2,1-3H3,(H,34,36)/t21-/m1/s1. The molecule has 1 saturated carbocycles. The monoisotopic (exact) mass is 523 g/mol. The maximum atomic E-state index is 13.0. The molecular formula is C32H33N3O4. The molecule has 0 spiro atoms. The van der Waals surface area contributed by atoms with Crippen LogP contribution in [0.5, 0.6) is 11.5 Å². The lowest BCUT2D eigenvalue weighted by Crippen LogP contribution is -2.26. The van der Waals surface area contributed by atoms with Gasteiger partial charge in [0.1, 0.15) is 24.2 Å². The van der Waals surface area contributed by atoms with Gasteiger partial charge in [-0.2, -0.15) is 5.26 Å². The summed E-state index contributed by atoms with van der Waals surface area (Å²) in [6.07, 6.45) is 3.31. The number of fused-ring (bicyclic) bond motifs is 1. The normalized spacial score (nSPS) is 13.9. The minimum atomic E-state index is -0.158. The van der Waals surface area contributed by atoms with E-state index in [2.05, 4.69) is 16.0 Å². The molecule has 7 heteroatoms. The first-order valence-corrected chi connectivity index (χ1v) is 13.3. The summed E-state index contributed by atoms with van der Waals surface area (Å²) in [6, 6.07) is 23.7. The van der Waals surface area contributed by atoms with Gasteiger partial charge in [-0.05, 0) is 73.7 Å². The van der Waals surface area contributed by atoms with E-state index < -0.39 is 0 Å². The molecule has 0 bridgehead atoms. The number of ether oxygens (including phenoxy) is 3. The van der Waals surface area contributed by atoms with E-state index in [4.69, 9.17) is 14.2 Å². The lowest BCUT2D eigenvalue weighted by molar-refractivity contribution is 0.0940. The predicted molar refractivity (Wildman–Crippen MR) is 151 cm³/mol. The number of amides is 1. The number of nitriles is 1. The van der Waals surface area contributed by atoms with E-state index in [9.17, 15) is 10.1 Å². The third-order valence-electron chi connectivity index (χ3n) is 7.47. The van der Waals surface area contributed by atoms with Gasteiger partial charge in [0.05, 0.1) is 36.5 Å². The highest BCUT2D eigenvalue weighted by molar-refractivity contribution is 5.97. The van der Waals surface area contributed by atoms with Gasteiger partial charge in [0.15, 0.2) is 0 Å². The summed E-state index contributed by atoms with van der Waals surface area (Å²) in [5.41, 5.74) is 5.01. The van der Waals surface area contributed by atoms with E-state index in [1.54, 1.807) is 14.2 Å². The number of carbonyl (C=O) groups excluding carboxylic acids is 1. The molecule has 1 aromatic heterocycles. The summed E-state index contributed by atoms with van der Waals surface area (Å²) >= 11 is 0. The average molecular weight is 524 g/mol. The van der Waals surface area contributed by atoms with Crippen LogP contribution in [0, 0.1) is 11.3 Å². The van der Waals surface area contributed by atoms with Crippen LogP contribution in [-0.4, -0.2) is 37.9 Å². The third-order valence-corrected chi connectivity index (χ3v) is 7.47. The Morgan fingerprint density at radius 1 is 1.03 bits per heavy atom. The molecule has 39 heavy (non-hydrogen) atoms.